The van der Waals surface area contributed by atoms with E-state index in [9.17, 15) is 5.11 Å². The second-order valence-corrected chi connectivity index (χ2v) is 4.23. The predicted molar refractivity (Wildman–Crippen MR) is 74.0 cm³/mol. The Bertz CT molecular complexity index is 237. The number of nitrogens with zero attached hydrogens (tertiary/aromatic N) is 2. The van der Waals surface area contributed by atoms with Gasteiger partial charge in [0, 0.05) is 26.0 Å². The average molecular weight is 241 g/mol. The maximum atomic E-state index is 9.36. The van der Waals surface area contributed by atoms with E-state index in [1.54, 1.807) is 6.08 Å². The van der Waals surface area contributed by atoms with Gasteiger partial charge in [0.1, 0.15) is 0 Å². The van der Waals surface area contributed by atoms with E-state index in [0.29, 0.717) is 6.54 Å². The van der Waals surface area contributed by atoms with Gasteiger partial charge in [0.05, 0.1) is 11.8 Å². The summed E-state index contributed by atoms with van der Waals surface area (Å²) in [4.78, 5) is 0. The molecule has 0 aromatic heterocycles. The van der Waals surface area contributed by atoms with Crippen LogP contribution < -0.4 is 5.73 Å². The highest BCUT2D eigenvalue weighted by molar-refractivity contribution is 5.94. The molecule has 0 saturated heterocycles. The fourth-order valence-electron chi connectivity index (χ4n) is 2.04. The summed E-state index contributed by atoms with van der Waals surface area (Å²) in [6, 6.07) is 0.262. The van der Waals surface area contributed by atoms with E-state index in [4.69, 9.17) is 5.73 Å². The highest BCUT2D eigenvalue weighted by Gasteiger charge is 2.21. The molecule has 0 heterocycles. The Morgan fingerprint density at radius 3 is 2.47 bits per heavy atom. The first-order chi connectivity index (χ1) is 8.14. The van der Waals surface area contributed by atoms with Crippen molar-refractivity contribution in [3.05, 3.63) is 12.7 Å². The van der Waals surface area contributed by atoms with Crippen molar-refractivity contribution in [1.82, 2.24) is 5.01 Å². The Labute approximate surface area is 105 Å². The molecule has 2 atom stereocenters. The zero-order valence-corrected chi connectivity index (χ0v) is 11.4. The lowest BCUT2D eigenvalue weighted by molar-refractivity contribution is 0.112. The highest BCUT2D eigenvalue weighted by atomic mass is 16.3. The fourth-order valence-corrected chi connectivity index (χ4v) is 2.04. The maximum absolute atomic E-state index is 9.36. The number of aliphatic hydroxyl groups excluding tert-OH is 1. The van der Waals surface area contributed by atoms with Crippen LogP contribution >= 0.6 is 0 Å². The lowest BCUT2D eigenvalue weighted by atomic mass is 9.95. The van der Waals surface area contributed by atoms with Crippen LogP contribution in [0.25, 0.3) is 0 Å². The monoisotopic (exact) mass is 241 g/mol. The van der Waals surface area contributed by atoms with Crippen molar-refractivity contribution >= 4 is 5.71 Å². The fraction of sp³-hybridized carbons (Fsp3) is 0.769. The molecule has 0 amide bonds. The lowest BCUT2D eigenvalue weighted by Crippen LogP contribution is -2.36. The van der Waals surface area contributed by atoms with Crippen molar-refractivity contribution in [2.75, 3.05) is 20.2 Å². The first-order valence-electron chi connectivity index (χ1n) is 6.38. The molecule has 0 saturated carbocycles. The topological polar surface area (TPSA) is 61.8 Å². The van der Waals surface area contributed by atoms with Crippen LogP contribution in [0.2, 0.25) is 0 Å². The lowest BCUT2D eigenvalue weighted by Gasteiger charge is -2.31. The van der Waals surface area contributed by atoms with Gasteiger partial charge in [-0.2, -0.15) is 5.10 Å². The van der Waals surface area contributed by atoms with Gasteiger partial charge >= 0.3 is 0 Å². The van der Waals surface area contributed by atoms with E-state index < -0.39 is 0 Å². The van der Waals surface area contributed by atoms with E-state index in [1.165, 1.54) is 0 Å². The summed E-state index contributed by atoms with van der Waals surface area (Å²) in [6.07, 6.45) is 4.40. The third-order valence-electron chi connectivity index (χ3n) is 3.12. The van der Waals surface area contributed by atoms with Gasteiger partial charge in [0.15, 0.2) is 0 Å². The number of rotatable bonds is 9. The number of hydrogen-bond acceptors (Lipinski definition) is 4. The molecule has 2 unspecified atom stereocenters. The molecule has 0 fully saturated rings. The molecule has 0 aromatic carbocycles. The molecule has 0 aliphatic carbocycles. The maximum Gasteiger partial charge on any atom is 0.0612 e. The van der Waals surface area contributed by atoms with Gasteiger partial charge in [-0.15, -0.1) is 0 Å². The van der Waals surface area contributed by atoms with Gasteiger partial charge in [0.25, 0.3) is 0 Å². The van der Waals surface area contributed by atoms with Gasteiger partial charge in [-0.3, -0.25) is 5.01 Å². The van der Waals surface area contributed by atoms with E-state index in [1.807, 2.05) is 12.1 Å². The molecular weight excluding hydrogens is 214 g/mol. The SMILES string of the molecule is C=C/C(CCN)=N\N(C)C(CC)C(CC)CO. The number of allylic oxidation sites excluding steroid dienone is 1. The molecule has 17 heavy (non-hydrogen) atoms. The summed E-state index contributed by atoms with van der Waals surface area (Å²) < 4.78 is 0. The molecule has 0 rings (SSSR count). The highest BCUT2D eigenvalue weighted by Crippen LogP contribution is 2.17. The standard InChI is InChI=1S/C13H27N3O/c1-5-11(10-17)13(7-3)16(4)15-12(6-2)8-9-14/h6,11,13,17H,2,5,7-10,14H2,1,3-4H3/b15-12+. The predicted octanol–water partition coefficient (Wildman–Crippen LogP) is 1.61. The zero-order chi connectivity index (χ0) is 13.3. The van der Waals surface area contributed by atoms with Crippen molar-refractivity contribution in [1.29, 1.82) is 0 Å². The Kier molecular flexibility index (Phi) is 8.72. The molecule has 0 aromatic rings. The molecule has 0 aliphatic rings. The van der Waals surface area contributed by atoms with Crippen molar-refractivity contribution in [2.24, 2.45) is 16.8 Å². The molecule has 0 aliphatic heterocycles. The normalized spacial score (nSPS) is 15.5. The smallest absolute Gasteiger partial charge is 0.0612 e. The summed E-state index contributed by atoms with van der Waals surface area (Å²) in [5.41, 5.74) is 6.42. The van der Waals surface area contributed by atoms with Crippen molar-refractivity contribution in [2.45, 2.75) is 39.2 Å². The Morgan fingerprint density at radius 2 is 2.12 bits per heavy atom. The molecule has 0 spiro atoms. The van der Waals surface area contributed by atoms with Gasteiger partial charge < -0.3 is 10.8 Å². The third kappa shape index (κ3) is 5.33. The minimum absolute atomic E-state index is 0.204. The summed E-state index contributed by atoms with van der Waals surface area (Å²) in [6.45, 7) is 8.73. The Balaban J connectivity index is 4.72. The third-order valence-corrected chi connectivity index (χ3v) is 3.12. The summed E-state index contributed by atoms with van der Waals surface area (Å²) in [5.74, 6) is 0.262. The summed E-state index contributed by atoms with van der Waals surface area (Å²) in [7, 11) is 1.95. The number of aliphatic hydroxyl groups is 1. The Morgan fingerprint density at radius 1 is 1.47 bits per heavy atom. The van der Waals surface area contributed by atoms with Gasteiger partial charge in [-0.1, -0.05) is 20.4 Å². The second-order valence-electron chi connectivity index (χ2n) is 4.23. The van der Waals surface area contributed by atoms with Crippen LogP contribution in [-0.2, 0) is 0 Å². The van der Waals surface area contributed by atoms with Crippen LogP contribution in [0.4, 0.5) is 0 Å². The quantitative estimate of drug-likeness (QED) is 0.476. The van der Waals surface area contributed by atoms with E-state index in [0.717, 1.165) is 25.0 Å². The van der Waals surface area contributed by atoms with Gasteiger partial charge in [-0.25, -0.2) is 0 Å². The summed E-state index contributed by atoms with van der Waals surface area (Å²) >= 11 is 0. The Hall–Kier alpha value is -0.870. The van der Waals surface area contributed by atoms with Crippen LogP contribution in [0.5, 0.6) is 0 Å². The number of hydrazone groups is 1. The molecule has 3 N–H and O–H groups in total. The van der Waals surface area contributed by atoms with Crippen LogP contribution in [0.15, 0.2) is 17.8 Å². The molecule has 100 valence electrons. The molecule has 4 nitrogen and oxygen atoms in total. The van der Waals surface area contributed by atoms with Crippen LogP contribution in [0, 0.1) is 5.92 Å². The summed E-state index contributed by atoms with van der Waals surface area (Å²) in [5, 5.41) is 15.8. The molecule has 0 radical (unpaired) electrons. The van der Waals surface area contributed by atoms with Gasteiger partial charge in [-0.05, 0) is 25.5 Å². The van der Waals surface area contributed by atoms with E-state index in [2.05, 4.69) is 25.5 Å². The van der Waals surface area contributed by atoms with E-state index in [-0.39, 0.29) is 18.6 Å². The van der Waals surface area contributed by atoms with Crippen LogP contribution in [0.3, 0.4) is 0 Å². The van der Waals surface area contributed by atoms with Crippen LogP contribution in [-0.4, -0.2) is 42.1 Å². The second kappa shape index (κ2) is 9.19. The molecule has 0 bridgehead atoms. The van der Waals surface area contributed by atoms with Crippen molar-refractivity contribution in [3.63, 3.8) is 0 Å². The minimum atomic E-state index is 0.204. The molecule has 4 heteroatoms. The largest absolute Gasteiger partial charge is 0.396 e. The number of hydrogen-bond donors (Lipinski definition) is 2. The minimum Gasteiger partial charge on any atom is -0.396 e. The first kappa shape index (κ1) is 16.1. The average Bonchev–Trinajstić information content (AvgIpc) is 2.34. The van der Waals surface area contributed by atoms with Crippen molar-refractivity contribution in [3.8, 4) is 0 Å². The first-order valence-corrected chi connectivity index (χ1v) is 6.38. The molecular formula is C13H27N3O. The van der Waals surface area contributed by atoms with Crippen molar-refractivity contribution < 1.29 is 5.11 Å². The van der Waals surface area contributed by atoms with Gasteiger partial charge in [0.2, 0.25) is 0 Å². The van der Waals surface area contributed by atoms with E-state index >= 15 is 0 Å². The van der Waals surface area contributed by atoms with Crippen LogP contribution in [0.1, 0.15) is 33.1 Å². The zero-order valence-electron chi connectivity index (χ0n) is 11.4. The number of nitrogens with two attached hydrogens (primary N) is 1.